The van der Waals surface area contributed by atoms with Gasteiger partial charge in [0.25, 0.3) is 0 Å². The lowest BCUT2D eigenvalue weighted by atomic mass is 10.0. The van der Waals surface area contributed by atoms with Crippen LogP contribution < -0.4 is 0 Å². The van der Waals surface area contributed by atoms with E-state index in [0.717, 1.165) is 44.9 Å². The second-order valence-corrected chi connectivity index (χ2v) is 6.35. The lowest BCUT2D eigenvalue weighted by Crippen LogP contribution is -1.97. The van der Waals surface area contributed by atoms with Crippen LogP contribution in [0.25, 0.3) is 0 Å². The number of hydrogen-bond donors (Lipinski definition) is 0. The molecule has 0 unspecified atom stereocenters. The normalized spacial score (nSPS) is 11.1. The molecule has 0 rings (SSSR count). The minimum Gasteiger partial charge on any atom is -0.300 e. The largest absolute Gasteiger partial charge is 0.300 e. The number of rotatable bonds is 17. The fourth-order valence-corrected chi connectivity index (χ4v) is 2.61. The van der Waals surface area contributed by atoms with Gasteiger partial charge in [-0.3, -0.25) is 4.79 Å². The number of carbonyl (C=O) groups is 1. The van der Waals surface area contributed by atoms with Gasteiger partial charge in [-0.1, -0.05) is 70.1 Å². The number of unbranched alkanes of at least 4 members (excludes halogenated alkanes) is 10. The minimum atomic E-state index is 0.464. The molecule has 0 radical (unpaired) electrons. The van der Waals surface area contributed by atoms with Gasteiger partial charge in [0, 0.05) is 12.8 Å². The molecule has 0 N–H and O–H groups in total. The lowest BCUT2D eigenvalue weighted by molar-refractivity contribution is -0.119. The van der Waals surface area contributed by atoms with Crippen LogP contribution in [0.4, 0.5) is 0 Å². The van der Waals surface area contributed by atoms with Gasteiger partial charge in [-0.05, 0) is 38.5 Å². The van der Waals surface area contributed by atoms with Gasteiger partial charge in [0.2, 0.25) is 0 Å². The third-order valence-corrected chi connectivity index (χ3v) is 4.08. The Morgan fingerprint density at radius 1 is 0.727 bits per heavy atom. The second kappa shape index (κ2) is 18.2. The van der Waals surface area contributed by atoms with Crippen molar-refractivity contribution < 1.29 is 4.79 Å². The van der Waals surface area contributed by atoms with E-state index in [4.69, 9.17) is 0 Å². The molecule has 0 atom stereocenters. The molecule has 0 heterocycles. The van der Waals surface area contributed by atoms with Gasteiger partial charge in [0.05, 0.1) is 0 Å². The van der Waals surface area contributed by atoms with Crippen molar-refractivity contribution in [2.24, 2.45) is 0 Å². The number of Topliss-reactive ketones (excluding diaryl/α,β-unsaturated/α-hetero) is 1. The van der Waals surface area contributed by atoms with Crippen LogP contribution in [0.1, 0.15) is 103 Å². The molecule has 0 aromatic carbocycles. The lowest BCUT2D eigenvalue weighted by Gasteiger charge is -2.02. The van der Waals surface area contributed by atoms with E-state index in [9.17, 15) is 4.79 Å². The smallest absolute Gasteiger partial charge is 0.132 e. The van der Waals surface area contributed by atoms with E-state index in [0.29, 0.717) is 5.78 Å². The van der Waals surface area contributed by atoms with Crippen LogP contribution in [0, 0.1) is 0 Å². The monoisotopic (exact) mass is 306 g/mol. The average Bonchev–Trinajstić information content (AvgIpc) is 2.52. The molecule has 0 saturated heterocycles. The Hall–Kier alpha value is -0.850. The van der Waals surface area contributed by atoms with Crippen molar-refractivity contribution >= 4 is 5.78 Å². The Morgan fingerprint density at radius 2 is 1.27 bits per heavy atom. The Morgan fingerprint density at radius 3 is 1.91 bits per heavy atom. The van der Waals surface area contributed by atoms with Crippen LogP contribution in [0.5, 0.6) is 0 Å². The minimum absolute atomic E-state index is 0.464. The van der Waals surface area contributed by atoms with Gasteiger partial charge < -0.3 is 0 Å². The second-order valence-electron chi connectivity index (χ2n) is 6.35. The number of allylic oxidation sites excluding steroid dienone is 3. The van der Waals surface area contributed by atoms with Crippen LogP contribution in [-0.2, 0) is 4.79 Å². The Bertz CT molecular complexity index is 278. The van der Waals surface area contributed by atoms with E-state index in [1.807, 2.05) is 6.08 Å². The molecule has 1 heteroatoms. The van der Waals surface area contributed by atoms with E-state index >= 15 is 0 Å². The first-order valence-electron chi connectivity index (χ1n) is 9.58. The maximum atomic E-state index is 11.8. The number of ketones is 1. The van der Waals surface area contributed by atoms with Gasteiger partial charge in [0.1, 0.15) is 5.78 Å². The van der Waals surface area contributed by atoms with Gasteiger partial charge in [-0.25, -0.2) is 0 Å². The summed E-state index contributed by atoms with van der Waals surface area (Å²) in [6, 6.07) is 0. The Kier molecular flexibility index (Phi) is 17.5. The van der Waals surface area contributed by atoms with E-state index in [1.165, 1.54) is 51.4 Å². The van der Waals surface area contributed by atoms with Crippen LogP contribution in [0.15, 0.2) is 24.8 Å². The highest BCUT2D eigenvalue weighted by molar-refractivity contribution is 5.78. The Balaban J connectivity index is 3.24. The molecular formula is C21H38O. The molecule has 1 nitrogen and oxygen atoms in total. The summed E-state index contributed by atoms with van der Waals surface area (Å²) in [6.07, 6.45) is 24.0. The maximum Gasteiger partial charge on any atom is 0.132 e. The van der Waals surface area contributed by atoms with E-state index in [-0.39, 0.29) is 0 Å². The first-order chi connectivity index (χ1) is 10.8. The van der Waals surface area contributed by atoms with Crippen LogP contribution in [-0.4, -0.2) is 5.78 Å². The predicted molar refractivity (Wildman–Crippen MR) is 99.3 cm³/mol. The zero-order chi connectivity index (χ0) is 16.3. The third-order valence-electron chi connectivity index (χ3n) is 4.08. The molecule has 0 aromatic heterocycles. The Labute approximate surface area is 139 Å². The average molecular weight is 307 g/mol. The summed E-state index contributed by atoms with van der Waals surface area (Å²) < 4.78 is 0. The van der Waals surface area contributed by atoms with Gasteiger partial charge in [0.15, 0.2) is 0 Å². The molecule has 128 valence electrons. The van der Waals surface area contributed by atoms with Gasteiger partial charge >= 0.3 is 0 Å². The van der Waals surface area contributed by atoms with Crippen molar-refractivity contribution in [3.05, 3.63) is 24.8 Å². The van der Waals surface area contributed by atoms with Gasteiger partial charge in [-0.2, -0.15) is 0 Å². The molecule has 0 aliphatic rings. The SMILES string of the molecule is C=CCCC/C=C/CCCC(=O)CCCCCCCCCC. The van der Waals surface area contributed by atoms with Crippen molar-refractivity contribution in [3.8, 4) is 0 Å². The molecular weight excluding hydrogens is 268 g/mol. The summed E-state index contributed by atoms with van der Waals surface area (Å²) in [7, 11) is 0. The highest BCUT2D eigenvalue weighted by Gasteiger charge is 2.01. The third kappa shape index (κ3) is 17.2. The first kappa shape index (κ1) is 21.1. The summed E-state index contributed by atoms with van der Waals surface area (Å²) in [6.45, 7) is 5.97. The van der Waals surface area contributed by atoms with Crippen molar-refractivity contribution in [1.82, 2.24) is 0 Å². The summed E-state index contributed by atoms with van der Waals surface area (Å²) >= 11 is 0. The molecule has 0 fully saturated rings. The van der Waals surface area contributed by atoms with Crippen molar-refractivity contribution in [1.29, 1.82) is 0 Å². The van der Waals surface area contributed by atoms with Crippen molar-refractivity contribution in [3.63, 3.8) is 0 Å². The van der Waals surface area contributed by atoms with Crippen LogP contribution in [0.3, 0.4) is 0 Å². The number of hydrogen-bond acceptors (Lipinski definition) is 1. The molecule has 0 amide bonds. The van der Waals surface area contributed by atoms with Gasteiger partial charge in [-0.15, -0.1) is 6.58 Å². The van der Waals surface area contributed by atoms with E-state index in [2.05, 4.69) is 25.7 Å². The fourth-order valence-electron chi connectivity index (χ4n) is 2.61. The summed E-state index contributed by atoms with van der Waals surface area (Å²) in [5.74, 6) is 0.464. The molecule has 0 bridgehead atoms. The molecule has 0 spiro atoms. The van der Waals surface area contributed by atoms with E-state index < -0.39 is 0 Å². The van der Waals surface area contributed by atoms with Crippen molar-refractivity contribution in [2.75, 3.05) is 0 Å². The van der Waals surface area contributed by atoms with Crippen molar-refractivity contribution in [2.45, 2.75) is 103 Å². The topological polar surface area (TPSA) is 17.1 Å². The summed E-state index contributed by atoms with van der Waals surface area (Å²) in [5, 5.41) is 0. The first-order valence-corrected chi connectivity index (χ1v) is 9.58. The molecule has 0 aliphatic carbocycles. The molecule has 22 heavy (non-hydrogen) atoms. The highest BCUT2D eigenvalue weighted by Crippen LogP contribution is 2.11. The maximum absolute atomic E-state index is 11.8. The zero-order valence-electron chi connectivity index (χ0n) is 15.0. The van der Waals surface area contributed by atoms with Crippen LogP contribution >= 0.6 is 0 Å². The molecule has 0 saturated carbocycles. The zero-order valence-corrected chi connectivity index (χ0v) is 15.0. The molecule has 0 aliphatic heterocycles. The summed E-state index contributed by atoms with van der Waals surface area (Å²) in [5.41, 5.74) is 0. The predicted octanol–water partition coefficient (Wildman–Crippen LogP) is 7.17. The standard InChI is InChI=1S/C21H38O/c1-3-5-7-9-11-13-15-17-19-21(22)20-18-16-14-12-10-8-6-4-2/h3,11,13H,1,4-10,12,14-20H2,2H3/b13-11+. The van der Waals surface area contributed by atoms with Crippen LogP contribution in [0.2, 0.25) is 0 Å². The summed E-state index contributed by atoms with van der Waals surface area (Å²) in [4.78, 5) is 11.8. The fraction of sp³-hybridized carbons (Fsp3) is 0.762. The van der Waals surface area contributed by atoms with E-state index in [1.54, 1.807) is 0 Å². The quantitative estimate of drug-likeness (QED) is 0.206. The molecule has 0 aromatic rings. The highest BCUT2D eigenvalue weighted by atomic mass is 16.1. The number of carbonyl (C=O) groups excluding carboxylic acids is 1.